The summed E-state index contributed by atoms with van der Waals surface area (Å²) in [4.78, 5) is 14.6. The summed E-state index contributed by atoms with van der Waals surface area (Å²) in [5.41, 5.74) is 0.694. The van der Waals surface area contributed by atoms with E-state index in [0.717, 1.165) is 6.54 Å². The van der Waals surface area contributed by atoms with Crippen LogP contribution in [-0.2, 0) is 4.74 Å². The highest BCUT2D eigenvalue weighted by molar-refractivity contribution is 6.30. The Morgan fingerprint density at radius 2 is 1.84 bits per heavy atom. The van der Waals surface area contributed by atoms with Gasteiger partial charge in [0.25, 0.3) is 0 Å². The van der Waals surface area contributed by atoms with Crippen molar-refractivity contribution in [1.29, 1.82) is 0 Å². The molecule has 1 unspecified atom stereocenters. The second-order valence-corrected chi connectivity index (χ2v) is 5.31. The Kier molecular flexibility index (Phi) is 6.49. The predicted octanol–water partition coefficient (Wildman–Crippen LogP) is 3.27. The van der Waals surface area contributed by atoms with E-state index < -0.39 is 0 Å². The minimum atomic E-state index is -0.170. The third-order valence-electron chi connectivity index (χ3n) is 3.22. The van der Waals surface area contributed by atoms with Gasteiger partial charge >= 0.3 is 0 Å². The molecule has 0 bridgehead atoms. The van der Waals surface area contributed by atoms with Gasteiger partial charge in [-0.05, 0) is 45.0 Å². The van der Waals surface area contributed by atoms with Crippen molar-refractivity contribution in [2.75, 3.05) is 20.3 Å². The molecule has 4 heteroatoms. The molecule has 0 spiro atoms. The van der Waals surface area contributed by atoms with Crippen LogP contribution in [0.25, 0.3) is 0 Å². The number of carbonyl (C=O) groups excluding carboxylic acids is 1. The third kappa shape index (κ3) is 4.60. The second kappa shape index (κ2) is 7.63. The topological polar surface area (TPSA) is 29.5 Å². The zero-order valence-electron chi connectivity index (χ0n) is 12.0. The number of ketones is 1. The minimum absolute atomic E-state index is 0.112. The van der Waals surface area contributed by atoms with Crippen LogP contribution in [-0.4, -0.2) is 43.0 Å². The molecular weight excluding hydrogens is 262 g/mol. The van der Waals surface area contributed by atoms with Gasteiger partial charge in [-0.15, -0.1) is 0 Å². The first-order chi connectivity index (χ1) is 8.97. The molecule has 0 aliphatic rings. The standard InChI is InChI=1S/C15H22ClNO2/c1-11(2)17(9-10-19-4)12(3)15(18)13-5-7-14(16)8-6-13/h5-8,11-12H,9-10H2,1-4H3. The maximum atomic E-state index is 12.4. The van der Waals surface area contributed by atoms with Crippen LogP contribution in [0.5, 0.6) is 0 Å². The van der Waals surface area contributed by atoms with Crippen molar-refractivity contribution in [2.24, 2.45) is 0 Å². The van der Waals surface area contributed by atoms with Gasteiger partial charge in [-0.3, -0.25) is 9.69 Å². The summed E-state index contributed by atoms with van der Waals surface area (Å²) in [7, 11) is 1.67. The average Bonchev–Trinajstić information content (AvgIpc) is 2.38. The van der Waals surface area contributed by atoms with Crippen molar-refractivity contribution in [3.63, 3.8) is 0 Å². The maximum Gasteiger partial charge on any atom is 0.179 e. The zero-order chi connectivity index (χ0) is 14.4. The van der Waals surface area contributed by atoms with Crippen LogP contribution in [0.1, 0.15) is 31.1 Å². The fourth-order valence-electron chi connectivity index (χ4n) is 2.10. The maximum absolute atomic E-state index is 12.4. The third-order valence-corrected chi connectivity index (χ3v) is 3.47. The Morgan fingerprint density at radius 1 is 1.26 bits per heavy atom. The smallest absolute Gasteiger partial charge is 0.179 e. The number of rotatable bonds is 7. The van der Waals surface area contributed by atoms with Crippen LogP contribution in [0.2, 0.25) is 5.02 Å². The molecule has 1 rings (SSSR count). The fourth-order valence-corrected chi connectivity index (χ4v) is 2.23. The number of halogens is 1. The number of Topliss-reactive ketones (excluding diaryl/α,β-unsaturated/α-hetero) is 1. The largest absolute Gasteiger partial charge is 0.383 e. The van der Waals surface area contributed by atoms with E-state index >= 15 is 0 Å². The molecule has 0 aliphatic carbocycles. The molecule has 1 aromatic rings. The van der Waals surface area contributed by atoms with E-state index in [0.29, 0.717) is 23.2 Å². The molecule has 106 valence electrons. The summed E-state index contributed by atoms with van der Waals surface area (Å²) in [6.45, 7) is 7.47. The molecule has 0 heterocycles. The lowest BCUT2D eigenvalue weighted by atomic mass is 10.0. The lowest BCUT2D eigenvalue weighted by Gasteiger charge is -2.31. The summed E-state index contributed by atoms with van der Waals surface area (Å²) in [6.07, 6.45) is 0. The predicted molar refractivity (Wildman–Crippen MR) is 79.0 cm³/mol. The van der Waals surface area contributed by atoms with Gasteiger partial charge in [0.05, 0.1) is 12.6 Å². The van der Waals surface area contributed by atoms with Crippen LogP contribution in [0, 0.1) is 0 Å². The molecule has 0 N–H and O–H groups in total. The Labute approximate surface area is 120 Å². The SMILES string of the molecule is COCCN(C(C)C)C(C)C(=O)c1ccc(Cl)cc1. The lowest BCUT2D eigenvalue weighted by molar-refractivity contribution is 0.0698. The van der Waals surface area contributed by atoms with Crippen LogP contribution in [0.3, 0.4) is 0 Å². The molecule has 0 radical (unpaired) electrons. The number of carbonyl (C=O) groups is 1. The quantitative estimate of drug-likeness (QED) is 0.719. The normalized spacial score (nSPS) is 13.0. The van der Waals surface area contributed by atoms with E-state index in [4.69, 9.17) is 16.3 Å². The molecule has 0 saturated heterocycles. The molecule has 0 saturated carbocycles. The van der Waals surface area contributed by atoms with Gasteiger partial charge in [0.2, 0.25) is 0 Å². The first-order valence-electron chi connectivity index (χ1n) is 6.51. The molecule has 19 heavy (non-hydrogen) atoms. The van der Waals surface area contributed by atoms with Gasteiger partial charge in [-0.25, -0.2) is 0 Å². The number of methoxy groups -OCH3 is 1. The lowest BCUT2D eigenvalue weighted by Crippen LogP contribution is -2.45. The molecule has 0 amide bonds. The number of benzene rings is 1. The van der Waals surface area contributed by atoms with E-state index in [1.807, 2.05) is 6.92 Å². The summed E-state index contributed by atoms with van der Waals surface area (Å²) in [6, 6.07) is 7.16. The van der Waals surface area contributed by atoms with E-state index in [1.165, 1.54) is 0 Å². The molecule has 3 nitrogen and oxygen atoms in total. The van der Waals surface area contributed by atoms with E-state index in [-0.39, 0.29) is 11.8 Å². The Bertz CT molecular complexity index is 403. The highest BCUT2D eigenvalue weighted by Gasteiger charge is 2.24. The monoisotopic (exact) mass is 283 g/mol. The highest BCUT2D eigenvalue weighted by Crippen LogP contribution is 2.15. The van der Waals surface area contributed by atoms with Crippen molar-refractivity contribution in [3.8, 4) is 0 Å². The van der Waals surface area contributed by atoms with Gasteiger partial charge in [0, 0.05) is 30.3 Å². The van der Waals surface area contributed by atoms with Crippen LogP contribution in [0.15, 0.2) is 24.3 Å². The highest BCUT2D eigenvalue weighted by atomic mass is 35.5. The molecule has 0 fully saturated rings. The van der Waals surface area contributed by atoms with Gasteiger partial charge in [-0.1, -0.05) is 11.6 Å². The van der Waals surface area contributed by atoms with Crippen molar-refractivity contribution < 1.29 is 9.53 Å². The van der Waals surface area contributed by atoms with Crippen molar-refractivity contribution in [3.05, 3.63) is 34.9 Å². The summed E-state index contributed by atoms with van der Waals surface area (Å²) < 4.78 is 5.10. The van der Waals surface area contributed by atoms with Gasteiger partial charge in [0.15, 0.2) is 5.78 Å². The number of hydrogen-bond acceptors (Lipinski definition) is 3. The number of nitrogens with zero attached hydrogens (tertiary/aromatic N) is 1. The molecule has 1 aromatic carbocycles. The molecular formula is C15H22ClNO2. The second-order valence-electron chi connectivity index (χ2n) is 4.87. The molecule has 0 aromatic heterocycles. The Hall–Kier alpha value is -0.900. The number of hydrogen-bond donors (Lipinski definition) is 0. The molecule has 1 atom stereocenters. The summed E-state index contributed by atoms with van der Waals surface area (Å²) in [5, 5.41) is 0.643. The van der Waals surface area contributed by atoms with Gasteiger partial charge in [0.1, 0.15) is 0 Å². The zero-order valence-corrected chi connectivity index (χ0v) is 12.8. The van der Waals surface area contributed by atoms with Gasteiger partial charge < -0.3 is 4.74 Å². The van der Waals surface area contributed by atoms with E-state index in [2.05, 4.69) is 18.7 Å². The van der Waals surface area contributed by atoms with Crippen molar-refractivity contribution in [2.45, 2.75) is 32.9 Å². The van der Waals surface area contributed by atoms with Gasteiger partial charge in [-0.2, -0.15) is 0 Å². The first-order valence-corrected chi connectivity index (χ1v) is 6.89. The van der Waals surface area contributed by atoms with Crippen molar-refractivity contribution >= 4 is 17.4 Å². The minimum Gasteiger partial charge on any atom is -0.383 e. The van der Waals surface area contributed by atoms with Crippen molar-refractivity contribution in [1.82, 2.24) is 4.90 Å². The fraction of sp³-hybridized carbons (Fsp3) is 0.533. The van der Waals surface area contributed by atoms with E-state index in [9.17, 15) is 4.79 Å². The van der Waals surface area contributed by atoms with E-state index in [1.54, 1.807) is 31.4 Å². The molecule has 0 aliphatic heterocycles. The first kappa shape index (κ1) is 16.2. The Balaban J connectivity index is 2.80. The average molecular weight is 284 g/mol. The number of ether oxygens (including phenoxy) is 1. The van der Waals surface area contributed by atoms with Crippen LogP contribution >= 0.6 is 11.6 Å². The van der Waals surface area contributed by atoms with Crippen LogP contribution in [0.4, 0.5) is 0 Å². The van der Waals surface area contributed by atoms with Crippen LogP contribution < -0.4 is 0 Å². The Morgan fingerprint density at radius 3 is 2.32 bits per heavy atom. The summed E-state index contributed by atoms with van der Waals surface area (Å²) >= 11 is 5.84. The summed E-state index contributed by atoms with van der Waals surface area (Å²) in [5.74, 6) is 0.112.